The van der Waals surface area contributed by atoms with Gasteiger partial charge in [0.15, 0.2) is 0 Å². The van der Waals surface area contributed by atoms with Crippen LogP contribution in [-0.2, 0) is 14.3 Å². The Morgan fingerprint density at radius 1 is 1.40 bits per heavy atom. The van der Waals surface area contributed by atoms with Gasteiger partial charge in [0, 0.05) is 38.1 Å². The Kier molecular flexibility index (Phi) is 7.80. The largest absolute Gasteiger partial charge is 0.378 e. The fraction of sp³-hybridized carbons (Fsp3) is 0.929. The maximum absolute atomic E-state index is 11.9. The number of carbonyl (C=O) groups is 1. The van der Waals surface area contributed by atoms with E-state index in [-0.39, 0.29) is 30.5 Å². The van der Waals surface area contributed by atoms with E-state index in [1.54, 1.807) is 0 Å². The molecule has 2 saturated heterocycles. The third-order valence-electron chi connectivity index (χ3n) is 3.91. The van der Waals surface area contributed by atoms with Crippen molar-refractivity contribution in [3.8, 4) is 0 Å². The third-order valence-corrected chi connectivity index (χ3v) is 3.91. The Labute approximate surface area is 127 Å². The van der Waals surface area contributed by atoms with E-state index in [4.69, 9.17) is 9.47 Å². The van der Waals surface area contributed by atoms with Crippen molar-refractivity contribution in [1.82, 2.24) is 10.6 Å². The first-order chi connectivity index (χ1) is 9.16. The Balaban J connectivity index is 0.00000200. The first-order valence-corrected chi connectivity index (χ1v) is 7.36. The highest BCUT2D eigenvalue weighted by atomic mass is 35.5. The number of rotatable bonds is 5. The van der Waals surface area contributed by atoms with E-state index in [0.717, 1.165) is 32.7 Å². The molecule has 3 unspecified atom stereocenters. The molecule has 2 aliphatic heterocycles. The summed E-state index contributed by atoms with van der Waals surface area (Å²) >= 11 is 0. The molecule has 2 N–H and O–H groups in total. The van der Waals surface area contributed by atoms with Crippen LogP contribution in [0, 0.1) is 11.8 Å². The number of amides is 1. The van der Waals surface area contributed by atoms with E-state index in [1.807, 2.05) is 0 Å². The van der Waals surface area contributed by atoms with Crippen molar-refractivity contribution in [2.24, 2.45) is 11.8 Å². The van der Waals surface area contributed by atoms with Gasteiger partial charge in [-0.25, -0.2) is 0 Å². The Hall–Kier alpha value is -0.360. The number of hydrogen-bond acceptors (Lipinski definition) is 4. The van der Waals surface area contributed by atoms with Crippen LogP contribution in [-0.4, -0.2) is 51.0 Å². The molecule has 6 heteroatoms. The van der Waals surface area contributed by atoms with E-state index in [9.17, 15) is 4.79 Å². The molecular formula is C14H27ClN2O3. The molecule has 2 heterocycles. The van der Waals surface area contributed by atoms with Gasteiger partial charge in [0.2, 0.25) is 5.91 Å². The monoisotopic (exact) mass is 306 g/mol. The zero-order chi connectivity index (χ0) is 13.7. The van der Waals surface area contributed by atoms with Crippen molar-refractivity contribution >= 4 is 18.3 Å². The summed E-state index contributed by atoms with van der Waals surface area (Å²) in [6, 6.07) is 0.162. The lowest BCUT2D eigenvalue weighted by Gasteiger charge is -2.25. The van der Waals surface area contributed by atoms with Crippen LogP contribution in [0.2, 0.25) is 0 Å². The third kappa shape index (κ3) is 5.20. The summed E-state index contributed by atoms with van der Waals surface area (Å²) in [5.74, 6) is 1.08. The standard InChI is InChI=1S/C14H26N2O3.ClH/c1-10(2)14-11(3-5-19-14)8-16-13(17)7-12-9-18-6-4-15-12;/h10-12,14-15H,3-9H2,1-2H3,(H,16,17);1H. The van der Waals surface area contributed by atoms with Crippen LogP contribution in [0.15, 0.2) is 0 Å². The second-order valence-electron chi connectivity index (χ2n) is 5.86. The molecule has 3 atom stereocenters. The van der Waals surface area contributed by atoms with E-state index < -0.39 is 0 Å². The van der Waals surface area contributed by atoms with E-state index in [2.05, 4.69) is 24.5 Å². The number of carbonyl (C=O) groups excluding carboxylic acids is 1. The van der Waals surface area contributed by atoms with Gasteiger partial charge >= 0.3 is 0 Å². The van der Waals surface area contributed by atoms with Crippen LogP contribution in [0.25, 0.3) is 0 Å². The molecule has 0 aromatic rings. The van der Waals surface area contributed by atoms with Crippen LogP contribution in [0.1, 0.15) is 26.7 Å². The molecule has 0 saturated carbocycles. The molecule has 2 rings (SSSR count). The second kappa shape index (κ2) is 8.82. The van der Waals surface area contributed by atoms with Gasteiger partial charge in [-0.1, -0.05) is 13.8 Å². The molecule has 0 spiro atoms. The summed E-state index contributed by atoms with van der Waals surface area (Å²) < 4.78 is 11.1. The van der Waals surface area contributed by atoms with E-state index >= 15 is 0 Å². The van der Waals surface area contributed by atoms with Gasteiger partial charge in [-0.05, 0) is 12.3 Å². The highest BCUT2D eigenvalue weighted by molar-refractivity contribution is 5.85. The molecular weight excluding hydrogens is 280 g/mol. The molecule has 20 heavy (non-hydrogen) atoms. The zero-order valence-corrected chi connectivity index (χ0v) is 13.2. The van der Waals surface area contributed by atoms with Crippen LogP contribution < -0.4 is 10.6 Å². The van der Waals surface area contributed by atoms with Gasteiger partial charge in [0.1, 0.15) is 0 Å². The minimum Gasteiger partial charge on any atom is -0.378 e. The van der Waals surface area contributed by atoms with Crippen molar-refractivity contribution in [2.45, 2.75) is 38.8 Å². The molecule has 0 radical (unpaired) electrons. The lowest BCUT2D eigenvalue weighted by atomic mass is 9.93. The van der Waals surface area contributed by atoms with Gasteiger partial charge < -0.3 is 20.1 Å². The zero-order valence-electron chi connectivity index (χ0n) is 12.4. The van der Waals surface area contributed by atoms with E-state index in [1.165, 1.54) is 0 Å². The van der Waals surface area contributed by atoms with Crippen LogP contribution in [0.4, 0.5) is 0 Å². The molecule has 2 fully saturated rings. The molecule has 5 nitrogen and oxygen atoms in total. The van der Waals surface area contributed by atoms with Gasteiger partial charge in [0.25, 0.3) is 0 Å². The number of ether oxygens (including phenoxy) is 2. The number of halogens is 1. The van der Waals surface area contributed by atoms with Crippen LogP contribution in [0.3, 0.4) is 0 Å². The Morgan fingerprint density at radius 3 is 2.85 bits per heavy atom. The van der Waals surface area contributed by atoms with Crippen molar-refractivity contribution in [1.29, 1.82) is 0 Å². The van der Waals surface area contributed by atoms with Gasteiger partial charge in [-0.15, -0.1) is 12.4 Å². The first kappa shape index (κ1) is 17.7. The summed E-state index contributed by atoms with van der Waals surface area (Å²) in [6.45, 7) is 8.12. The van der Waals surface area contributed by atoms with Gasteiger partial charge in [-0.3, -0.25) is 4.79 Å². The van der Waals surface area contributed by atoms with Crippen molar-refractivity contribution in [3.05, 3.63) is 0 Å². The second-order valence-corrected chi connectivity index (χ2v) is 5.86. The van der Waals surface area contributed by atoms with Crippen molar-refractivity contribution in [2.75, 3.05) is 32.9 Å². The molecule has 0 bridgehead atoms. The summed E-state index contributed by atoms with van der Waals surface area (Å²) in [5.41, 5.74) is 0. The lowest BCUT2D eigenvalue weighted by molar-refractivity contribution is -0.122. The SMILES string of the molecule is CC(C)C1OCCC1CNC(=O)CC1COCCN1.Cl. The van der Waals surface area contributed by atoms with Gasteiger partial charge in [0.05, 0.1) is 19.3 Å². The molecule has 0 aromatic heterocycles. The molecule has 2 aliphatic rings. The van der Waals surface area contributed by atoms with Gasteiger partial charge in [-0.2, -0.15) is 0 Å². The summed E-state index contributed by atoms with van der Waals surface area (Å²) in [7, 11) is 0. The quantitative estimate of drug-likeness (QED) is 0.794. The number of nitrogens with one attached hydrogen (secondary N) is 2. The first-order valence-electron chi connectivity index (χ1n) is 7.36. The summed E-state index contributed by atoms with van der Waals surface area (Å²) in [6.07, 6.45) is 1.84. The highest BCUT2D eigenvalue weighted by Crippen LogP contribution is 2.26. The normalized spacial score (nSPS) is 30.1. The predicted molar refractivity (Wildman–Crippen MR) is 80.2 cm³/mol. The van der Waals surface area contributed by atoms with Crippen LogP contribution >= 0.6 is 12.4 Å². The molecule has 1 amide bonds. The fourth-order valence-corrected chi connectivity index (χ4v) is 2.90. The fourth-order valence-electron chi connectivity index (χ4n) is 2.90. The summed E-state index contributed by atoms with van der Waals surface area (Å²) in [4.78, 5) is 11.9. The molecule has 0 aromatic carbocycles. The Morgan fingerprint density at radius 2 is 2.20 bits per heavy atom. The number of hydrogen-bond donors (Lipinski definition) is 2. The molecule has 118 valence electrons. The predicted octanol–water partition coefficient (Wildman–Crippen LogP) is 0.964. The average molecular weight is 307 g/mol. The lowest BCUT2D eigenvalue weighted by Crippen LogP contribution is -2.45. The maximum Gasteiger partial charge on any atom is 0.221 e. The highest BCUT2D eigenvalue weighted by Gasteiger charge is 2.30. The Bertz CT molecular complexity index is 296. The van der Waals surface area contributed by atoms with Crippen molar-refractivity contribution in [3.63, 3.8) is 0 Å². The topological polar surface area (TPSA) is 59.6 Å². The number of morpholine rings is 1. The smallest absolute Gasteiger partial charge is 0.221 e. The molecule has 0 aliphatic carbocycles. The minimum atomic E-state index is 0. The maximum atomic E-state index is 11.9. The minimum absolute atomic E-state index is 0. The van der Waals surface area contributed by atoms with Crippen molar-refractivity contribution < 1.29 is 14.3 Å². The summed E-state index contributed by atoms with van der Waals surface area (Å²) in [5, 5.41) is 6.34. The van der Waals surface area contributed by atoms with E-state index in [0.29, 0.717) is 24.9 Å². The average Bonchev–Trinajstić information content (AvgIpc) is 2.86. The van der Waals surface area contributed by atoms with Crippen LogP contribution in [0.5, 0.6) is 0 Å².